The zero-order chi connectivity index (χ0) is 30.4. The molecule has 2 heterocycles. The van der Waals surface area contributed by atoms with Crippen molar-refractivity contribution >= 4 is 23.6 Å². The van der Waals surface area contributed by atoms with Crippen molar-refractivity contribution in [3.8, 4) is 17.1 Å². The Morgan fingerprint density at radius 1 is 1.14 bits per heavy atom. The van der Waals surface area contributed by atoms with Gasteiger partial charge in [0.1, 0.15) is 6.61 Å². The molecule has 1 aliphatic heterocycles. The fraction of sp³-hybridized carbons (Fsp3) is 0.441. The van der Waals surface area contributed by atoms with Gasteiger partial charge in [-0.1, -0.05) is 65.0 Å². The number of hydrogen-bond donors (Lipinski definition) is 3. The molecule has 3 aromatic rings. The number of benzene rings is 2. The molecular formula is C34H46N6OS. The normalized spacial score (nSPS) is 16.5. The lowest BCUT2D eigenvalue weighted by molar-refractivity contribution is 0.118. The zero-order valence-corrected chi connectivity index (χ0v) is 27.2. The summed E-state index contributed by atoms with van der Waals surface area (Å²) >= 11 is 1.50. The minimum atomic E-state index is -0.263. The van der Waals surface area contributed by atoms with E-state index in [4.69, 9.17) is 20.1 Å². The standard InChI is InChI=1S/C34H46N6OS/c1-22(2)15-27-21-41-30-17-29(31-23(3)11-9-12-24(31)4)37-33(38-30)39-42-28-14-10-13-25(16-28)19-40(27)20-26(18-36-8)32(35)34(5,6)7/h9-14,16-18,22,27,35-36H,15,19-21H2,1-8H3,(H,37,38,39)/b26-18-,35-32?. The van der Waals surface area contributed by atoms with Crippen LogP contribution in [0.1, 0.15) is 57.7 Å². The van der Waals surface area contributed by atoms with Crippen LogP contribution in [0.15, 0.2) is 65.2 Å². The fourth-order valence-electron chi connectivity index (χ4n) is 5.37. The van der Waals surface area contributed by atoms with Crippen LogP contribution in [0.4, 0.5) is 5.95 Å². The van der Waals surface area contributed by atoms with Crippen LogP contribution < -0.4 is 14.8 Å². The highest BCUT2D eigenvalue weighted by atomic mass is 32.2. The molecule has 224 valence electrons. The van der Waals surface area contributed by atoms with Gasteiger partial charge in [0.15, 0.2) is 0 Å². The second-order valence-corrected chi connectivity index (χ2v) is 13.5. The first-order valence-corrected chi connectivity index (χ1v) is 15.6. The first-order valence-electron chi connectivity index (χ1n) is 14.7. The van der Waals surface area contributed by atoms with Crippen molar-refractivity contribution in [1.29, 1.82) is 5.41 Å². The largest absolute Gasteiger partial charge is 0.476 e. The summed E-state index contributed by atoms with van der Waals surface area (Å²) in [6.45, 7) is 16.9. The van der Waals surface area contributed by atoms with E-state index in [0.717, 1.165) is 45.8 Å². The minimum absolute atomic E-state index is 0.102. The number of aryl methyl sites for hydroxylation is 2. The van der Waals surface area contributed by atoms with Crippen LogP contribution in [0, 0.1) is 30.6 Å². The number of nitrogens with zero attached hydrogens (tertiary/aromatic N) is 3. The van der Waals surface area contributed by atoms with E-state index in [2.05, 4.69) is 106 Å². The molecule has 3 N–H and O–H groups in total. The molecular weight excluding hydrogens is 540 g/mol. The third-order valence-electron chi connectivity index (χ3n) is 7.43. The van der Waals surface area contributed by atoms with Gasteiger partial charge < -0.3 is 15.5 Å². The summed E-state index contributed by atoms with van der Waals surface area (Å²) < 4.78 is 9.91. The number of fused-ring (bicyclic) bond motifs is 4. The highest BCUT2D eigenvalue weighted by molar-refractivity contribution is 8.00. The molecule has 1 aromatic heterocycles. The maximum atomic E-state index is 9.01. The number of hydrogen-bond acceptors (Lipinski definition) is 8. The molecule has 0 fully saturated rings. The molecule has 4 rings (SSSR count). The van der Waals surface area contributed by atoms with E-state index in [0.29, 0.717) is 36.6 Å². The van der Waals surface area contributed by atoms with Gasteiger partial charge in [-0.05, 0) is 67.0 Å². The predicted molar refractivity (Wildman–Crippen MR) is 176 cm³/mol. The molecule has 0 spiro atoms. The number of nitrogens with one attached hydrogen (secondary N) is 3. The average molecular weight is 587 g/mol. The predicted octanol–water partition coefficient (Wildman–Crippen LogP) is 7.66. The second kappa shape index (κ2) is 13.7. The maximum Gasteiger partial charge on any atom is 0.237 e. The van der Waals surface area contributed by atoms with Crippen LogP contribution in [-0.2, 0) is 6.54 Å². The van der Waals surface area contributed by atoms with Gasteiger partial charge in [-0.25, -0.2) is 4.98 Å². The molecule has 42 heavy (non-hydrogen) atoms. The molecule has 1 unspecified atom stereocenters. The quantitative estimate of drug-likeness (QED) is 0.194. The van der Waals surface area contributed by atoms with Crippen molar-refractivity contribution < 1.29 is 4.74 Å². The third kappa shape index (κ3) is 8.13. The van der Waals surface area contributed by atoms with Crippen molar-refractivity contribution in [2.24, 2.45) is 11.3 Å². The summed E-state index contributed by atoms with van der Waals surface area (Å²) in [5.41, 5.74) is 6.85. The second-order valence-electron chi connectivity index (χ2n) is 12.6. The smallest absolute Gasteiger partial charge is 0.237 e. The van der Waals surface area contributed by atoms with Crippen LogP contribution in [0.25, 0.3) is 11.3 Å². The molecule has 0 aliphatic carbocycles. The third-order valence-corrected chi connectivity index (χ3v) is 8.21. The molecule has 8 heteroatoms. The summed E-state index contributed by atoms with van der Waals surface area (Å²) in [6, 6.07) is 17.0. The van der Waals surface area contributed by atoms with E-state index < -0.39 is 0 Å². The lowest BCUT2D eigenvalue weighted by Gasteiger charge is -2.35. The molecule has 0 saturated heterocycles. The summed E-state index contributed by atoms with van der Waals surface area (Å²) in [7, 11) is 1.90. The van der Waals surface area contributed by atoms with E-state index in [9.17, 15) is 0 Å². The van der Waals surface area contributed by atoms with Crippen LogP contribution in [0.3, 0.4) is 0 Å². The molecule has 0 radical (unpaired) electrons. The summed E-state index contributed by atoms with van der Waals surface area (Å²) in [6.07, 6.45) is 2.93. The highest BCUT2D eigenvalue weighted by Gasteiger charge is 2.27. The van der Waals surface area contributed by atoms with E-state index in [1.807, 2.05) is 19.3 Å². The molecule has 0 saturated carbocycles. The summed E-state index contributed by atoms with van der Waals surface area (Å²) in [5.74, 6) is 1.54. The van der Waals surface area contributed by atoms with Crippen molar-refractivity contribution in [2.75, 3.05) is 24.9 Å². The van der Waals surface area contributed by atoms with Gasteiger partial charge in [0, 0.05) is 65.6 Å². The topological polar surface area (TPSA) is 86.2 Å². The van der Waals surface area contributed by atoms with Crippen molar-refractivity contribution in [3.63, 3.8) is 0 Å². The van der Waals surface area contributed by atoms with E-state index in [1.165, 1.54) is 17.5 Å². The number of anilines is 1. The van der Waals surface area contributed by atoms with Crippen molar-refractivity contribution in [2.45, 2.75) is 72.4 Å². The zero-order valence-electron chi connectivity index (χ0n) is 26.3. The van der Waals surface area contributed by atoms with Crippen LogP contribution >= 0.6 is 11.9 Å². The summed E-state index contributed by atoms with van der Waals surface area (Å²) in [4.78, 5) is 13.2. The Morgan fingerprint density at radius 3 is 2.52 bits per heavy atom. The maximum absolute atomic E-state index is 9.01. The van der Waals surface area contributed by atoms with Gasteiger partial charge >= 0.3 is 0 Å². The molecule has 1 atom stereocenters. The Kier molecular flexibility index (Phi) is 10.3. The SMILES string of the molecule is CN/C=C(/CN1Cc2cccc(c2)SNc2nc(cc(-c3c(C)cccc3C)n2)OCC1CC(C)C)C(=N)C(C)(C)C. The molecule has 4 bridgehead atoms. The van der Waals surface area contributed by atoms with E-state index >= 15 is 0 Å². The van der Waals surface area contributed by atoms with Gasteiger partial charge in [0.25, 0.3) is 0 Å². The monoisotopic (exact) mass is 586 g/mol. The van der Waals surface area contributed by atoms with Crippen LogP contribution in [0.2, 0.25) is 0 Å². The number of rotatable bonds is 7. The fourth-order valence-corrected chi connectivity index (χ4v) is 6.03. The minimum Gasteiger partial charge on any atom is -0.476 e. The van der Waals surface area contributed by atoms with E-state index in [-0.39, 0.29) is 11.5 Å². The molecule has 0 amide bonds. The molecule has 7 nitrogen and oxygen atoms in total. The average Bonchev–Trinajstić information content (AvgIpc) is 2.92. The van der Waals surface area contributed by atoms with Gasteiger partial charge in [0.05, 0.1) is 5.69 Å². The number of aromatic nitrogens is 2. The van der Waals surface area contributed by atoms with Gasteiger partial charge in [-0.3, -0.25) is 9.62 Å². The Hall–Kier alpha value is -3.36. The van der Waals surface area contributed by atoms with Gasteiger partial charge in [-0.15, -0.1) is 0 Å². The molecule has 1 aliphatic rings. The first kappa shape index (κ1) is 31.6. The van der Waals surface area contributed by atoms with Gasteiger partial charge in [0.2, 0.25) is 11.8 Å². The lowest BCUT2D eigenvalue weighted by atomic mass is 9.85. The Morgan fingerprint density at radius 2 is 1.86 bits per heavy atom. The highest BCUT2D eigenvalue weighted by Crippen LogP contribution is 2.31. The van der Waals surface area contributed by atoms with Crippen molar-refractivity contribution in [1.82, 2.24) is 20.2 Å². The Balaban J connectivity index is 1.79. The lowest BCUT2D eigenvalue weighted by Crippen LogP contribution is -2.43. The Bertz CT molecular complexity index is 1410. The number of ether oxygens (including phenoxy) is 1. The molecule has 2 aromatic carbocycles. The first-order chi connectivity index (χ1) is 19.9. The summed E-state index contributed by atoms with van der Waals surface area (Å²) in [5, 5.41) is 12.2. The van der Waals surface area contributed by atoms with Gasteiger partial charge in [-0.2, -0.15) is 4.98 Å². The Labute approximate surface area is 256 Å². The van der Waals surface area contributed by atoms with Crippen molar-refractivity contribution in [3.05, 3.63) is 77.0 Å². The van der Waals surface area contributed by atoms with E-state index in [1.54, 1.807) is 0 Å². The van der Waals surface area contributed by atoms with Crippen LogP contribution in [-0.4, -0.2) is 46.8 Å². The van der Waals surface area contributed by atoms with Crippen LogP contribution in [0.5, 0.6) is 5.88 Å².